The van der Waals surface area contributed by atoms with Crippen molar-refractivity contribution in [3.8, 4) is 0 Å². The molecule has 1 fully saturated rings. The molecule has 0 radical (unpaired) electrons. The number of nitrogens with zero attached hydrogens (tertiary/aromatic N) is 1. The molecular weight excluding hydrogens is 204 g/mol. The number of hydrogen-bond acceptors (Lipinski definition) is 3. The van der Waals surface area contributed by atoms with Gasteiger partial charge in [0, 0.05) is 17.6 Å². The van der Waals surface area contributed by atoms with Gasteiger partial charge in [-0.15, -0.1) is 11.3 Å². The summed E-state index contributed by atoms with van der Waals surface area (Å²) in [7, 11) is 0. The van der Waals surface area contributed by atoms with E-state index in [1.807, 2.05) is 6.20 Å². The first-order valence-electron chi connectivity index (χ1n) is 5.93. The SMILES string of the molecule is CC(C)NC(c1nccs1)C1CCCC1. The van der Waals surface area contributed by atoms with Crippen molar-refractivity contribution in [2.45, 2.75) is 51.6 Å². The normalized spacial score (nSPS) is 19.9. The molecule has 1 unspecified atom stereocenters. The van der Waals surface area contributed by atoms with Gasteiger partial charge in [-0.1, -0.05) is 26.7 Å². The Hall–Kier alpha value is -0.410. The molecule has 0 bridgehead atoms. The fourth-order valence-electron chi connectivity index (χ4n) is 2.45. The second kappa shape index (κ2) is 5.08. The highest BCUT2D eigenvalue weighted by molar-refractivity contribution is 7.09. The van der Waals surface area contributed by atoms with Gasteiger partial charge in [0.25, 0.3) is 0 Å². The summed E-state index contributed by atoms with van der Waals surface area (Å²) in [5.74, 6) is 0.804. The van der Waals surface area contributed by atoms with E-state index in [9.17, 15) is 0 Å². The average Bonchev–Trinajstić information content (AvgIpc) is 2.87. The topological polar surface area (TPSA) is 24.9 Å². The summed E-state index contributed by atoms with van der Waals surface area (Å²) in [5, 5.41) is 7.03. The molecule has 1 aromatic heterocycles. The molecule has 0 spiro atoms. The van der Waals surface area contributed by atoms with E-state index in [0.29, 0.717) is 12.1 Å². The summed E-state index contributed by atoms with van der Waals surface area (Å²) in [6.07, 6.45) is 7.44. The Morgan fingerprint density at radius 2 is 2.13 bits per heavy atom. The van der Waals surface area contributed by atoms with E-state index in [-0.39, 0.29) is 0 Å². The highest BCUT2D eigenvalue weighted by atomic mass is 32.1. The minimum absolute atomic E-state index is 0.493. The van der Waals surface area contributed by atoms with Gasteiger partial charge >= 0.3 is 0 Å². The quantitative estimate of drug-likeness (QED) is 0.848. The summed E-state index contributed by atoms with van der Waals surface area (Å²) in [6.45, 7) is 4.44. The van der Waals surface area contributed by atoms with Crippen LogP contribution in [0.15, 0.2) is 11.6 Å². The van der Waals surface area contributed by atoms with E-state index in [4.69, 9.17) is 0 Å². The van der Waals surface area contributed by atoms with Crippen molar-refractivity contribution < 1.29 is 0 Å². The van der Waals surface area contributed by atoms with E-state index >= 15 is 0 Å². The van der Waals surface area contributed by atoms with E-state index in [1.54, 1.807) is 11.3 Å². The highest BCUT2D eigenvalue weighted by Crippen LogP contribution is 2.36. The molecule has 1 heterocycles. The van der Waals surface area contributed by atoms with Crippen LogP contribution in [0.2, 0.25) is 0 Å². The molecule has 15 heavy (non-hydrogen) atoms. The third-order valence-corrected chi connectivity index (χ3v) is 3.96. The Bertz CT molecular complexity index is 276. The predicted octanol–water partition coefficient (Wildman–Crippen LogP) is 3.37. The maximum atomic E-state index is 4.47. The number of aromatic nitrogens is 1. The van der Waals surface area contributed by atoms with Crippen molar-refractivity contribution >= 4 is 11.3 Å². The molecule has 3 heteroatoms. The zero-order chi connectivity index (χ0) is 10.7. The number of thiazole rings is 1. The molecule has 1 aromatic rings. The van der Waals surface area contributed by atoms with Crippen molar-refractivity contribution in [3.63, 3.8) is 0 Å². The molecule has 1 saturated carbocycles. The lowest BCUT2D eigenvalue weighted by Crippen LogP contribution is -2.32. The Kier molecular flexibility index (Phi) is 3.76. The van der Waals surface area contributed by atoms with Crippen LogP contribution in [0.5, 0.6) is 0 Å². The Morgan fingerprint density at radius 1 is 1.40 bits per heavy atom. The molecule has 1 aliphatic rings. The first-order chi connectivity index (χ1) is 7.27. The second-order valence-electron chi connectivity index (χ2n) is 4.71. The lowest BCUT2D eigenvalue weighted by Gasteiger charge is -2.25. The van der Waals surface area contributed by atoms with E-state index in [1.165, 1.54) is 30.7 Å². The van der Waals surface area contributed by atoms with Gasteiger partial charge in [-0.3, -0.25) is 0 Å². The van der Waals surface area contributed by atoms with Crippen LogP contribution in [0.1, 0.15) is 50.6 Å². The van der Waals surface area contributed by atoms with Crippen molar-refractivity contribution in [1.29, 1.82) is 0 Å². The summed E-state index contributed by atoms with van der Waals surface area (Å²) < 4.78 is 0. The van der Waals surface area contributed by atoms with Gasteiger partial charge in [-0.25, -0.2) is 4.98 Å². The van der Waals surface area contributed by atoms with Gasteiger partial charge in [0.1, 0.15) is 5.01 Å². The van der Waals surface area contributed by atoms with Crippen LogP contribution in [0, 0.1) is 5.92 Å². The van der Waals surface area contributed by atoms with Gasteiger partial charge in [-0.05, 0) is 18.8 Å². The zero-order valence-corrected chi connectivity index (χ0v) is 10.4. The molecule has 0 aromatic carbocycles. The molecule has 84 valence electrons. The largest absolute Gasteiger partial charge is 0.305 e. The fraction of sp³-hybridized carbons (Fsp3) is 0.750. The van der Waals surface area contributed by atoms with E-state index < -0.39 is 0 Å². The minimum atomic E-state index is 0.493. The second-order valence-corrected chi connectivity index (χ2v) is 5.64. The Morgan fingerprint density at radius 3 is 2.67 bits per heavy atom. The number of nitrogens with one attached hydrogen (secondary N) is 1. The molecule has 1 aliphatic carbocycles. The summed E-state index contributed by atoms with van der Waals surface area (Å²) in [6, 6.07) is 1.03. The first-order valence-corrected chi connectivity index (χ1v) is 6.81. The van der Waals surface area contributed by atoms with Crippen LogP contribution in [-0.2, 0) is 0 Å². The predicted molar refractivity (Wildman–Crippen MR) is 65.1 cm³/mol. The van der Waals surface area contributed by atoms with Gasteiger partial charge in [0.05, 0.1) is 6.04 Å². The monoisotopic (exact) mass is 224 g/mol. The van der Waals surface area contributed by atoms with Gasteiger partial charge in [0.15, 0.2) is 0 Å². The molecule has 2 rings (SSSR count). The van der Waals surface area contributed by atoms with Crippen molar-refractivity contribution in [2.24, 2.45) is 5.92 Å². The van der Waals surface area contributed by atoms with Gasteiger partial charge in [-0.2, -0.15) is 0 Å². The Labute approximate surface area is 96.1 Å². The maximum absolute atomic E-state index is 4.47. The van der Waals surface area contributed by atoms with Gasteiger partial charge < -0.3 is 5.32 Å². The fourth-order valence-corrected chi connectivity index (χ4v) is 3.24. The minimum Gasteiger partial charge on any atom is -0.305 e. The summed E-state index contributed by atoms with van der Waals surface area (Å²) in [5.41, 5.74) is 0. The van der Waals surface area contributed by atoms with Crippen LogP contribution in [0.25, 0.3) is 0 Å². The summed E-state index contributed by atoms with van der Waals surface area (Å²) >= 11 is 1.79. The average molecular weight is 224 g/mol. The third kappa shape index (κ3) is 2.79. The van der Waals surface area contributed by atoms with Crippen molar-refractivity contribution in [3.05, 3.63) is 16.6 Å². The van der Waals surface area contributed by atoms with Crippen LogP contribution in [-0.4, -0.2) is 11.0 Å². The van der Waals surface area contributed by atoms with Crippen molar-refractivity contribution in [2.75, 3.05) is 0 Å². The highest BCUT2D eigenvalue weighted by Gasteiger charge is 2.28. The van der Waals surface area contributed by atoms with Crippen LogP contribution in [0.3, 0.4) is 0 Å². The zero-order valence-electron chi connectivity index (χ0n) is 9.57. The lowest BCUT2D eigenvalue weighted by molar-refractivity contribution is 0.343. The van der Waals surface area contributed by atoms with E-state index in [2.05, 4.69) is 29.5 Å². The first kappa shape index (κ1) is 11.1. The smallest absolute Gasteiger partial charge is 0.110 e. The van der Waals surface area contributed by atoms with Gasteiger partial charge in [0.2, 0.25) is 0 Å². The molecule has 1 atom stereocenters. The number of hydrogen-bond donors (Lipinski definition) is 1. The van der Waals surface area contributed by atoms with Crippen LogP contribution < -0.4 is 5.32 Å². The molecule has 0 aliphatic heterocycles. The molecule has 1 N–H and O–H groups in total. The Balaban J connectivity index is 2.08. The lowest BCUT2D eigenvalue weighted by atomic mass is 9.98. The molecule has 2 nitrogen and oxygen atoms in total. The molecule has 0 saturated heterocycles. The third-order valence-electron chi connectivity index (χ3n) is 3.10. The number of rotatable bonds is 4. The maximum Gasteiger partial charge on any atom is 0.110 e. The summed E-state index contributed by atoms with van der Waals surface area (Å²) in [4.78, 5) is 4.47. The molecule has 0 amide bonds. The standard InChI is InChI=1S/C12H20N2S/c1-9(2)14-11(10-5-3-4-6-10)12-13-7-8-15-12/h7-11,14H,3-6H2,1-2H3. The van der Waals surface area contributed by atoms with Crippen molar-refractivity contribution in [1.82, 2.24) is 10.3 Å². The molecular formula is C12H20N2S. The van der Waals surface area contributed by atoms with Crippen LogP contribution >= 0.6 is 11.3 Å². The van der Waals surface area contributed by atoms with Crippen LogP contribution in [0.4, 0.5) is 0 Å². The van der Waals surface area contributed by atoms with E-state index in [0.717, 1.165) is 5.92 Å².